The average Bonchev–Trinajstić information content (AvgIpc) is 3.11. The van der Waals surface area contributed by atoms with Crippen molar-refractivity contribution in [2.24, 2.45) is 5.92 Å². The van der Waals surface area contributed by atoms with Crippen LogP contribution in [0.25, 0.3) is 5.65 Å². The number of nitrogens with zero attached hydrogens (tertiary/aromatic N) is 7. The van der Waals surface area contributed by atoms with E-state index in [9.17, 15) is 0 Å². The third-order valence-electron chi connectivity index (χ3n) is 5.09. The highest BCUT2D eigenvalue weighted by Crippen LogP contribution is 2.21. The molecule has 0 bridgehead atoms. The molecule has 148 valence electrons. The fourth-order valence-corrected chi connectivity index (χ4v) is 3.87. The van der Waals surface area contributed by atoms with E-state index >= 15 is 0 Å². The predicted molar refractivity (Wildman–Crippen MR) is 110 cm³/mol. The summed E-state index contributed by atoms with van der Waals surface area (Å²) in [7, 11) is 0. The number of piperazine rings is 1. The van der Waals surface area contributed by atoms with Gasteiger partial charge in [-0.05, 0) is 24.0 Å². The molecule has 3 aromatic heterocycles. The largest absolute Gasteiger partial charge is 0.380 e. The maximum Gasteiger partial charge on any atom is 0.196 e. The molecule has 0 atom stereocenters. The molecule has 4 heterocycles. The SMILES string of the molecule is Cc1cc(Cc2nc(N)c3nccn3n2)cnc1N1CCN(CC(C)C)CC1. The van der Waals surface area contributed by atoms with Crippen LogP contribution in [0.2, 0.25) is 0 Å². The first-order chi connectivity index (χ1) is 13.5. The van der Waals surface area contributed by atoms with Crippen molar-refractivity contribution in [2.45, 2.75) is 27.2 Å². The van der Waals surface area contributed by atoms with Crippen LogP contribution in [0.5, 0.6) is 0 Å². The van der Waals surface area contributed by atoms with Crippen LogP contribution in [0.3, 0.4) is 0 Å². The molecule has 0 aromatic carbocycles. The molecule has 1 aliphatic heterocycles. The quantitative estimate of drug-likeness (QED) is 0.722. The molecule has 8 heteroatoms. The lowest BCUT2D eigenvalue weighted by Gasteiger charge is -2.36. The van der Waals surface area contributed by atoms with Crippen LogP contribution in [0, 0.1) is 12.8 Å². The Morgan fingerprint density at radius 2 is 1.93 bits per heavy atom. The topological polar surface area (TPSA) is 88.5 Å². The standard InChI is InChI=1S/C20H28N8/c1-14(2)13-26-6-8-27(9-7-26)19-15(3)10-16(12-23-19)11-17-24-18(21)20-22-4-5-28(20)25-17/h4-5,10,12,14H,6-9,11,13H2,1-3H3,(H2,21,24,25). The third kappa shape index (κ3) is 3.91. The fraction of sp³-hybridized carbons (Fsp3) is 0.500. The van der Waals surface area contributed by atoms with E-state index in [0.29, 0.717) is 29.6 Å². The summed E-state index contributed by atoms with van der Waals surface area (Å²) in [5.74, 6) is 2.86. The second-order valence-electron chi connectivity index (χ2n) is 7.95. The van der Waals surface area contributed by atoms with Gasteiger partial charge < -0.3 is 10.6 Å². The molecular weight excluding hydrogens is 352 g/mol. The van der Waals surface area contributed by atoms with Crippen LogP contribution in [0.4, 0.5) is 11.6 Å². The van der Waals surface area contributed by atoms with E-state index in [4.69, 9.17) is 10.7 Å². The molecule has 0 spiro atoms. The fourth-order valence-electron chi connectivity index (χ4n) is 3.87. The van der Waals surface area contributed by atoms with Gasteiger partial charge in [-0.3, -0.25) is 4.90 Å². The summed E-state index contributed by atoms with van der Waals surface area (Å²) in [4.78, 5) is 18.2. The average molecular weight is 381 g/mol. The minimum absolute atomic E-state index is 0.399. The Morgan fingerprint density at radius 3 is 2.64 bits per heavy atom. The summed E-state index contributed by atoms with van der Waals surface area (Å²) in [5.41, 5.74) is 8.84. The predicted octanol–water partition coefficient (Wildman–Crippen LogP) is 1.78. The monoisotopic (exact) mass is 380 g/mol. The van der Waals surface area contributed by atoms with E-state index in [1.165, 1.54) is 12.1 Å². The number of aryl methyl sites for hydroxylation is 1. The number of aromatic nitrogens is 5. The Balaban J connectivity index is 1.45. The van der Waals surface area contributed by atoms with E-state index in [-0.39, 0.29) is 0 Å². The zero-order valence-electron chi connectivity index (χ0n) is 16.8. The smallest absolute Gasteiger partial charge is 0.196 e. The first kappa shape index (κ1) is 18.6. The van der Waals surface area contributed by atoms with Crippen LogP contribution in [-0.4, -0.2) is 62.2 Å². The van der Waals surface area contributed by atoms with E-state index in [2.05, 4.69) is 51.7 Å². The van der Waals surface area contributed by atoms with Gasteiger partial charge in [0.05, 0.1) is 0 Å². The lowest BCUT2D eigenvalue weighted by molar-refractivity contribution is 0.231. The number of anilines is 2. The number of fused-ring (bicyclic) bond motifs is 1. The molecule has 0 unspecified atom stereocenters. The zero-order chi connectivity index (χ0) is 19.7. The van der Waals surface area contributed by atoms with Crippen LogP contribution < -0.4 is 10.6 Å². The molecule has 1 fully saturated rings. The van der Waals surface area contributed by atoms with Crippen molar-refractivity contribution >= 4 is 17.3 Å². The van der Waals surface area contributed by atoms with Crippen LogP contribution >= 0.6 is 0 Å². The van der Waals surface area contributed by atoms with Gasteiger partial charge in [0.25, 0.3) is 0 Å². The van der Waals surface area contributed by atoms with Crippen LogP contribution in [0.1, 0.15) is 30.8 Å². The van der Waals surface area contributed by atoms with E-state index in [0.717, 1.165) is 37.6 Å². The summed E-state index contributed by atoms with van der Waals surface area (Å²) in [6.07, 6.45) is 5.98. The highest BCUT2D eigenvalue weighted by molar-refractivity contribution is 5.58. The summed E-state index contributed by atoms with van der Waals surface area (Å²) in [6.45, 7) is 12.1. The Bertz CT molecular complexity index is 956. The van der Waals surface area contributed by atoms with Gasteiger partial charge in [-0.25, -0.2) is 19.5 Å². The first-order valence-electron chi connectivity index (χ1n) is 9.88. The minimum atomic E-state index is 0.399. The van der Waals surface area contributed by atoms with Crippen molar-refractivity contribution in [1.82, 2.24) is 29.5 Å². The molecule has 0 amide bonds. The highest BCUT2D eigenvalue weighted by Gasteiger charge is 2.20. The number of rotatable bonds is 5. The number of nitrogens with two attached hydrogens (primary N) is 1. The van der Waals surface area contributed by atoms with Crippen molar-refractivity contribution in [2.75, 3.05) is 43.4 Å². The van der Waals surface area contributed by atoms with Crippen molar-refractivity contribution in [3.63, 3.8) is 0 Å². The lowest BCUT2D eigenvalue weighted by atomic mass is 10.1. The number of pyridine rings is 1. The van der Waals surface area contributed by atoms with Gasteiger partial charge in [0, 0.05) is 57.7 Å². The second kappa shape index (κ2) is 7.71. The molecule has 1 aliphatic rings. The third-order valence-corrected chi connectivity index (χ3v) is 5.09. The maximum atomic E-state index is 5.99. The zero-order valence-corrected chi connectivity index (χ0v) is 16.8. The van der Waals surface area contributed by atoms with Crippen molar-refractivity contribution in [1.29, 1.82) is 0 Å². The number of nitrogen functional groups attached to an aromatic ring is 1. The lowest BCUT2D eigenvalue weighted by Crippen LogP contribution is -2.47. The normalized spacial score (nSPS) is 15.6. The van der Waals surface area contributed by atoms with E-state index < -0.39 is 0 Å². The van der Waals surface area contributed by atoms with Crippen LogP contribution in [-0.2, 0) is 6.42 Å². The van der Waals surface area contributed by atoms with Gasteiger partial charge >= 0.3 is 0 Å². The van der Waals surface area contributed by atoms with Gasteiger partial charge in [-0.1, -0.05) is 19.9 Å². The Hall–Kier alpha value is -2.74. The first-order valence-corrected chi connectivity index (χ1v) is 9.88. The Kier molecular flexibility index (Phi) is 5.13. The van der Waals surface area contributed by atoms with Crippen LogP contribution in [0.15, 0.2) is 24.7 Å². The summed E-state index contributed by atoms with van der Waals surface area (Å²) < 4.78 is 1.67. The summed E-state index contributed by atoms with van der Waals surface area (Å²) in [6, 6.07) is 2.18. The molecule has 1 saturated heterocycles. The summed E-state index contributed by atoms with van der Waals surface area (Å²) in [5, 5.41) is 4.48. The Labute approximate surface area is 165 Å². The molecular formula is C20H28N8. The summed E-state index contributed by atoms with van der Waals surface area (Å²) >= 11 is 0. The number of hydrogen-bond acceptors (Lipinski definition) is 7. The highest BCUT2D eigenvalue weighted by atomic mass is 15.3. The van der Waals surface area contributed by atoms with Gasteiger partial charge in [0.1, 0.15) is 5.82 Å². The van der Waals surface area contributed by atoms with Crippen molar-refractivity contribution < 1.29 is 0 Å². The van der Waals surface area contributed by atoms with Crippen molar-refractivity contribution in [3.05, 3.63) is 41.6 Å². The van der Waals surface area contributed by atoms with E-state index in [1.807, 2.05) is 6.20 Å². The van der Waals surface area contributed by atoms with Gasteiger partial charge in [0.15, 0.2) is 17.3 Å². The molecule has 4 rings (SSSR count). The Morgan fingerprint density at radius 1 is 1.14 bits per heavy atom. The van der Waals surface area contributed by atoms with Gasteiger partial charge in [0.2, 0.25) is 0 Å². The molecule has 28 heavy (non-hydrogen) atoms. The van der Waals surface area contributed by atoms with Crippen molar-refractivity contribution in [3.8, 4) is 0 Å². The molecule has 0 aliphatic carbocycles. The molecule has 2 N–H and O–H groups in total. The second-order valence-corrected chi connectivity index (χ2v) is 7.95. The van der Waals surface area contributed by atoms with Gasteiger partial charge in [-0.2, -0.15) is 5.10 Å². The minimum Gasteiger partial charge on any atom is -0.380 e. The maximum absolute atomic E-state index is 5.99. The molecule has 0 radical (unpaired) electrons. The number of hydrogen-bond donors (Lipinski definition) is 1. The van der Waals surface area contributed by atoms with Gasteiger partial charge in [-0.15, -0.1) is 0 Å². The van der Waals surface area contributed by atoms with E-state index in [1.54, 1.807) is 16.9 Å². The molecule has 0 saturated carbocycles. The molecule has 8 nitrogen and oxygen atoms in total. The number of imidazole rings is 1. The molecule has 3 aromatic rings.